The Hall–Kier alpha value is -3.12. The second-order valence-corrected chi connectivity index (χ2v) is 6.37. The van der Waals surface area contributed by atoms with Crippen LogP contribution < -0.4 is 16.0 Å². The molecule has 27 heavy (non-hydrogen) atoms. The number of methoxy groups -OCH3 is 1. The summed E-state index contributed by atoms with van der Waals surface area (Å²) in [5.74, 6) is 0.922. The first kappa shape index (κ1) is 18.7. The summed E-state index contributed by atoms with van der Waals surface area (Å²) in [7, 11) is 3.74. The summed E-state index contributed by atoms with van der Waals surface area (Å²) in [5, 5.41) is 4.65. The highest BCUT2D eigenvalue weighted by molar-refractivity contribution is 6.07. The van der Waals surface area contributed by atoms with Gasteiger partial charge in [-0.25, -0.2) is 9.78 Å². The minimum Gasteiger partial charge on any atom is -0.385 e. The van der Waals surface area contributed by atoms with Crippen LogP contribution in [0.15, 0.2) is 54.7 Å². The Morgan fingerprint density at radius 3 is 2.59 bits per heavy atom. The minimum absolute atomic E-state index is 0.574. The predicted octanol–water partition coefficient (Wildman–Crippen LogP) is 3.87. The maximum atomic E-state index is 11.3. The van der Waals surface area contributed by atoms with Crippen molar-refractivity contribution in [1.82, 2.24) is 4.98 Å². The van der Waals surface area contributed by atoms with Crippen molar-refractivity contribution in [1.29, 1.82) is 0 Å². The number of hydrogen-bond acceptors (Lipinski definition) is 4. The van der Waals surface area contributed by atoms with Crippen LogP contribution in [-0.2, 0) is 4.74 Å². The number of aromatic nitrogens is 1. The monoisotopic (exact) mass is 364 g/mol. The summed E-state index contributed by atoms with van der Waals surface area (Å²) in [4.78, 5) is 18.0. The van der Waals surface area contributed by atoms with Crippen LogP contribution in [-0.4, -0.2) is 38.3 Å². The third-order valence-corrected chi connectivity index (χ3v) is 4.47. The zero-order valence-corrected chi connectivity index (χ0v) is 15.6. The lowest BCUT2D eigenvalue weighted by molar-refractivity contribution is 0.196. The second-order valence-electron chi connectivity index (χ2n) is 6.37. The van der Waals surface area contributed by atoms with Crippen molar-refractivity contribution >= 4 is 28.3 Å². The van der Waals surface area contributed by atoms with Crippen LogP contribution in [0.1, 0.15) is 6.42 Å². The van der Waals surface area contributed by atoms with E-state index in [1.165, 1.54) is 0 Å². The van der Waals surface area contributed by atoms with Crippen LogP contribution in [0.5, 0.6) is 0 Å². The molecule has 0 atom stereocenters. The van der Waals surface area contributed by atoms with Gasteiger partial charge in [0, 0.05) is 44.5 Å². The molecule has 2 amide bonds. The van der Waals surface area contributed by atoms with Crippen molar-refractivity contribution in [3.8, 4) is 11.1 Å². The van der Waals surface area contributed by atoms with Crippen LogP contribution in [0.2, 0.25) is 0 Å². The largest absolute Gasteiger partial charge is 0.385 e. The lowest BCUT2D eigenvalue weighted by Crippen LogP contribution is -2.20. The molecule has 0 aliphatic rings. The van der Waals surface area contributed by atoms with Crippen molar-refractivity contribution in [2.24, 2.45) is 5.73 Å². The van der Waals surface area contributed by atoms with Crippen LogP contribution >= 0.6 is 0 Å². The molecular weight excluding hydrogens is 340 g/mol. The van der Waals surface area contributed by atoms with E-state index in [4.69, 9.17) is 10.5 Å². The van der Waals surface area contributed by atoms with E-state index in [-0.39, 0.29) is 0 Å². The van der Waals surface area contributed by atoms with Crippen LogP contribution in [0.4, 0.5) is 16.3 Å². The maximum absolute atomic E-state index is 11.3. The van der Waals surface area contributed by atoms with Gasteiger partial charge in [0.2, 0.25) is 0 Å². The van der Waals surface area contributed by atoms with Gasteiger partial charge >= 0.3 is 6.03 Å². The van der Waals surface area contributed by atoms with Gasteiger partial charge in [-0.3, -0.25) is 0 Å². The van der Waals surface area contributed by atoms with Crippen LogP contribution in [0.3, 0.4) is 0 Å². The molecule has 0 fully saturated rings. The number of hydrogen-bond donors (Lipinski definition) is 2. The van der Waals surface area contributed by atoms with Gasteiger partial charge < -0.3 is 20.7 Å². The Bertz CT molecular complexity index is 925. The lowest BCUT2D eigenvalue weighted by Gasteiger charge is -2.18. The highest BCUT2D eigenvalue weighted by Gasteiger charge is 2.10. The summed E-state index contributed by atoms with van der Waals surface area (Å²) < 4.78 is 5.10. The fourth-order valence-electron chi connectivity index (χ4n) is 3.12. The van der Waals surface area contributed by atoms with Gasteiger partial charge in [-0.15, -0.1) is 0 Å². The van der Waals surface area contributed by atoms with Crippen molar-refractivity contribution in [2.75, 3.05) is 37.5 Å². The highest BCUT2D eigenvalue weighted by Crippen LogP contribution is 2.33. The quantitative estimate of drug-likeness (QED) is 0.624. The molecule has 1 heterocycles. The number of anilines is 2. The predicted molar refractivity (Wildman–Crippen MR) is 110 cm³/mol. The first-order valence-electron chi connectivity index (χ1n) is 8.85. The minimum atomic E-state index is -0.574. The SMILES string of the molecule is COCCCN(C)c1ccc(-c2ccc(NC(N)=O)c3ccccc23)cn1. The van der Waals surface area contributed by atoms with Crippen molar-refractivity contribution in [2.45, 2.75) is 6.42 Å². The van der Waals surface area contributed by atoms with Gasteiger partial charge in [0.25, 0.3) is 0 Å². The van der Waals surface area contributed by atoms with E-state index in [2.05, 4.69) is 21.3 Å². The molecule has 0 aliphatic carbocycles. The van der Waals surface area contributed by atoms with Gasteiger partial charge in [0.1, 0.15) is 5.82 Å². The fraction of sp³-hybridized carbons (Fsp3) is 0.238. The zero-order valence-electron chi connectivity index (χ0n) is 15.6. The van der Waals surface area contributed by atoms with E-state index in [0.29, 0.717) is 5.69 Å². The average Bonchev–Trinajstić information content (AvgIpc) is 2.68. The molecule has 0 saturated heterocycles. The molecule has 0 unspecified atom stereocenters. The van der Waals surface area contributed by atoms with Gasteiger partial charge in [0.05, 0.1) is 5.69 Å². The summed E-state index contributed by atoms with van der Waals surface area (Å²) >= 11 is 0. The molecule has 3 N–H and O–H groups in total. The summed E-state index contributed by atoms with van der Waals surface area (Å²) in [6.45, 7) is 1.62. The number of nitrogens with zero attached hydrogens (tertiary/aromatic N) is 2. The van der Waals surface area contributed by atoms with Gasteiger partial charge in [0.15, 0.2) is 0 Å². The van der Waals surface area contributed by atoms with E-state index < -0.39 is 6.03 Å². The standard InChI is InChI=1S/C21H24N4O2/c1-25(12-5-13-27-2)20-11-8-15(14-23-20)16-9-10-19(24-21(22)26)18-7-4-3-6-17(16)18/h3-4,6-11,14H,5,12-13H2,1-2H3,(H3,22,24,26). The number of nitrogens with two attached hydrogens (primary N) is 1. The molecule has 140 valence electrons. The fourth-order valence-corrected chi connectivity index (χ4v) is 3.12. The Morgan fingerprint density at radius 2 is 1.93 bits per heavy atom. The lowest BCUT2D eigenvalue weighted by atomic mass is 9.98. The van der Waals surface area contributed by atoms with E-state index >= 15 is 0 Å². The molecule has 1 aromatic heterocycles. The van der Waals surface area contributed by atoms with Gasteiger partial charge in [-0.05, 0) is 35.6 Å². The van der Waals surface area contributed by atoms with Gasteiger partial charge in [-0.2, -0.15) is 0 Å². The molecule has 0 aliphatic heterocycles. The number of carbonyl (C=O) groups is 1. The van der Waals surface area contributed by atoms with Crippen molar-refractivity contribution in [3.63, 3.8) is 0 Å². The molecule has 0 bridgehead atoms. The molecule has 3 rings (SSSR count). The number of nitrogens with one attached hydrogen (secondary N) is 1. The number of amides is 2. The van der Waals surface area contributed by atoms with Crippen molar-refractivity contribution in [3.05, 3.63) is 54.7 Å². The normalized spacial score (nSPS) is 10.7. The molecule has 0 spiro atoms. The maximum Gasteiger partial charge on any atom is 0.316 e. The number of ether oxygens (including phenoxy) is 1. The second kappa shape index (κ2) is 8.51. The molecule has 0 saturated carbocycles. The number of rotatable bonds is 7. The van der Waals surface area contributed by atoms with E-state index in [9.17, 15) is 4.79 Å². The first-order chi connectivity index (χ1) is 13.1. The Balaban J connectivity index is 1.90. The molecule has 3 aromatic rings. The smallest absolute Gasteiger partial charge is 0.316 e. The topological polar surface area (TPSA) is 80.5 Å². The average molecular weight is 364 g/mol. The number of benzene rings is 2. The molecular formula is C21H24N4O2. The molecule has 0 radical (unpaired) electrons. The third-order valence-electron chi connectivity index (χ3n) is 4.47. The van der Waals surface area contributed by atoms with E-state index in [1.54, 1.807) is 7.11 Å². The van der Waals surface area contributed by atoms with Crippen LogP contribution in [0, 0.1) is 0 Å². The zero-order chi connectivity index (χ0) is 19.2. The summed E-state index contributed by atoms with van der Waals surface area (Å²) in [6, 6.07) is 15.3. The molecule has 6 heteroatoms. The number of carbonyl (C=O) groups excluding carboxylic acids is 1. The Labute approximate surface area is 159 Å². The van der Waals surface area contributed by atoms with Crippen LogP contribution in [0.25, 0.3) is 21.9 Å². The third kappa shape index (κ3) is 4.35. The Kier molecular flexibility index (Phi) is 5.88. The molecule has 6 nitrogen and oxygen atoms in total. The first-order valence-corrected chi connectivity index (χ1v) is 8.85. The van der Waals surface area contributed by atoms with Gasteiger partial charge in [-0.1, -0.05) is 30.3 Å². The summed E-state index contributed by atoms with van der Waals surface area (Å²) in [5.41, 5.74) is 8.06. The van der Waals surface area contributed by atoms with E-state index in [0.717, 1.165) is 47.3 Å². The number of urea groups is 1. The number of fused-ring (bicyclic) bond motifs is 1. The molecule has 2 aromatic carbocycles. The highest BCUT2D eigenvalue weighted by atomic mass is 16.5. The van der Waals surface area contributed by atoms with E-state index in [1.807, 2.05) is 55.7 Å². The number of pyridine rings is 1. The number of primary amides is 1. The Morgan fingerprint density at radius 1 is 1.15 bits per heavy atom. The summed E-state index contributed by atoms with van der Waals surface area (Å²) in [6.07, 6.45) is 2.83. The van der Waals surface area contributed by atoms with Crippen molar-refractivity contribution < 1.29 is 9.53 Å².